The van der Waals surface area contributed by atoms with Gasteiger partial charge >= 0.3 is 0 Å². The van der Waals surface area contributed by atoms with Gasteiger partial charge in [0.2, 0.25) is 0 Å². The Balaban J connectivity index is 1.95. The lowest BCUT2D eigenvalue weighted by Gasteiger charge is -2.17. The summed E-state index contributed by atoms with van der Waals surface area (Å²) in [6, 6.07) is 12.6. The Bertz CT molecular complexity index is 748. The quantitative estimate of drug-likeness (QED) is 0.748. The maximum atomic E-state index is 12.3. The van der Waals surface area contributed by atoms with E-state index in [-0.39, 0.29) is 12.0 Å². The minimum Gasteiger partial charge on any atom is -0.493 e. The number of para-hydroxylation sites is 1. The van der Waals surface area contributed by atoms with Gasteiger partial charge in [-0.3, -0.25) is 4.79 Å². The zero-order valence-corrected chi connectivity index (χ0v) is 16.2. The average molecular weight is 378 g/mol. The summed E-state index contributed by atoms with van der Waals surface area (Å²) in [5, 5.41) is 3.32. The lowest BCUT2D eigenvalue weighted by atomic mass is 10.2. The number of rotatable bonds is 8. The highest BCUT2D eigenvalue weighted by Crippen LogP contribution is 2.29. The number of hydrogen-bond acceptors (Lipinski definition) is 4. The molecule has 0 aromatic heterocycles. The van der Waals surface area contributed by atoms with Gasteiger partial charge < -0.3 is 19.5 Å². The first-order valence-corrected chi connectivity index (χ1v) is 8.81. The topological polar surface area (TPSA) is 56.8 Å². The van der Waals surface area contributed by atoms with Gasteiger partial charge in [-0.15, -0.1) is 0 Å². The fourth-order valence-electron chi connectivity index (χ4n) is 2.29. The summed E-state index contributed by atoms with van der Waals surface area (Å²) in [5.74, 6) is 1.55. The maximum Gasteiger partial charge on any atom is 0.261 e. The SMILES string of the molecule is COc1cc(CNC(=O)[C@H](C)Oc2ccccc2Cl)ccc1OC(C)C. The fourth-order valence-corrected chi connectivity index (χ4v) is 2.47. The monoisotopic (exact) mass is 377 g/mol. The highest BCUT2D eigenvalue weighted by atomic mass is 35.5. The molecule has 2 rings (SSSR count). The third-order valence-corrected chi connectivity index (χ3v) is 3.88. The zero-order chi connectivity index (χ0) is 19.1. The van der Waals surface area contributed by atoms with Crippen molar-refractivity contribution in [2.45, 2.75) is 39.5 Å². The van der Waals surface area contributed by atoms with Gasteiger partial charge in [-0.05, 0) is 50.6 Å². The van der Waals surface area contributed by atoms with Crippen LogP contribution in [0.2, 0.25) is 5.02 Å². The van der Waals surface area contributed by atoms with E-state index in [9.17, 15) is 4.79 Å². The van der Waals surface area contributed by atoms with E-state index < -0.39 is 6.10 Å². The molecule has 2 aromatic rings. The Morgan fingerprint density at radius 1 is 1.04 bits per heavy atom. The zero-order valence-electron chi connectivity index (χ0n) is 15.4. The average Bonchev–Trinajstić information content (AvgIpc) is 2.61. The summed E-state index contributed by atoms with van der Waals surface area (Å²) in [4.78, 5) is 12.3. The van der Waals surface area contributed by atoms with Gasteiger partial charge in [-0.25, -0.2) is 0 Å². The molecule has 1 amide bonds. The molecule has 0 aliphatic heterocycles. The summed E-state index contributed by atoms with van der Waals surface area (Å²) < 4.78 is 16.7. The summed E-state index contributed by atoms with van der Waals surface area (Å²) in [6.07, 6.45) is -0.613. The molecule has 0 radical (unpaired) electrons. The van der Waals surface area contributed by atoms with Crippen LogP contribution in [0.25, 0.3) is 0 Å². The number of methoxy groups -OCH3 is 1. The van der Waals surface area contributed by atoms with Crippen molar-refractivity contribution in [3.63, 3.8) is 0 Å². The summed E-state index contributed by atoms with van der Waals surface area (Å²) in [6.45, 7) is 5.94. The van der Waals surface area contributed by atoms with E-state index >= 15 is 0 Å². The van der Waals surface area contributed by atoms with E-state index in [4.69, 9.17) is 25.8 Å². The number of carbonyl (C=O) groups excluding carboxylic acids is 1. The van der Waals surface area contributed by atoms with E-state index in [1.165, 1.54) is 0 Å². The van der Waals surface area contributed by atoms with Crippen LogP contribution in [0.3, 0.4) is 0 Å². The van der Waals surface area contributed by atoms with Crippen molar-refractivity contribution in [2.75, 3.05) is 7.11 Å². The van der Waals surface area contributed by atoms with Gasteiger partial charge in [0.15, 0.2) is 17.6 Å². The van der Waals surface area contributed by atoms with Crippen LogP contribution in [0.4, 0.5) is 0 Å². The smallest absolute Gasteiger partial charge is 0.261 e. The largest absolute Gasteiger partial charge is 0.493 e. The molecule has 0 saturated carbocycles. The molecule has 0 saturated heterocycles. The van der Waals surface area contributed by atoms with Crippen LogP contribution in [0.1, 0.15) is 26.3 Å². The minimum absolute atomic E-state index is 0.0530. The molecule has 0 spiro atoms. The van der Waals surface area contributed by atoms with E-state index in [1.807, 2.05) is 32.0 Å². The van der Waals surface area contributed by atoms with Crippen LogP contribution in [0.5, 0.6) is 17.2 Å². The number of amides is 1. The van der Waals surface area contributed by atoms with Crippen molar-refractivity contribution in [1.82, 2.24) is 5.32 Å². The molecule has 0 bridgehead atoms. The summed E-state index contributed by atoms with van der Waals surface area (Å²) in [7, 11) is 1.59. The normalized spacial score (nSPS) is 11.8. The number of ether oxygens (including phenoxy) is 3. The van der Waals surface area contributed by atoms with E-state index in [2.05, 4.69) is 5.32 Å². The summed E-state index contributed by atoms with van der Waals surface area (Å²) >= 11 is 6.05. The first kappa shape index (κ1) is 19.9. The Kier molecular flexibility index (Phi) is 7.16. The molecule has 0 aliphatic carbocycles. The predicted molar refractivity (Wildman–Crippen MR) is 102 cm³/mol. The van der Waals surface area contributed by atoms with Crippen LogP contribution in [-0.2, 0) is 11.3 Å². The highest BCUT2D eigenvalue weighted by molar-refractivity contribution is 6.32. The van der Waals surface area contributed by atoms with E-state index in [0.717, 1.165) is 5.56 Å². The Morgan fingerprint density at radius 3 is 2.42 bits per heavy atom. The minimum atomic E-state index is -0.666. The molecule has 1 N–H and O–H groups in total. The molecule has 1 atom stereocenters. The van der Waals surface area contributed by atoms with Crippen molar-refractivity contribution in [3.8, 4) is 17.2 Å². The van der Waals surface area contributed by atoms with Crippen molar-refractivity contribution >= 4 is 17.5 Å². The molecular formula is C20H24ClNO4. The lowest BCUT2D eigenvalue weighted by Crippen LogP contribution is -2.35. The first-order valence-electron chi connectivity index (χ1n) is 8.43. The van der Waals surface area contributed by atoms with Crippen LogP contribution in [-0.4, -0.2) is 25.2 Å². The lowest BCUT2D eigenvalue weighted by molar-refractivity contribution is -0.127. The van der Waals surface area contributed by atoms with Crippen molar-refractivity contribution in [1.29, 1.82) is 0 Å². The second-order valence-electron chi connectivity index (χ2n) is 6.06. The summed E-state index contributed by atoms with van der Waals surface area (Å²) in [5.41, 5.74) is 0.899. The van der Waals surface area contributed by atoms with Crippen molar-refractivity contribution < 1.29 is 19.0 Å². The van der Waals surface area contributed by atoms with Crippen LogP contribution < -0.4 is 19.5 Å². The molecule has 0 heterocycles. The second-order valence-corrected chi connectivity index (χ2v) is 6.47. The van der Waals surface area contributed by atoms with E-state index in [0.29, 0.717) is 28.8 Å². The van der Waals surface area contributed by atoms with Gasteiger partial charge in [0.25, 0.3) is 5.91 Å². The molecule has 5 nitrogen and oxygen atoms in total. The second kappa shape index (κ2) is 9.34. The number of nitrogens with one attached hydrogen (secondary N) is 1. The van der Waals surface area contributed by atoms with E-state index in [1.54, 1.807) is 38.3 Å². The molecular weight excluding hydrogens is 354 g/mol. The van der Waals surface area contributed by atoms with Crippen molar-refractivity contribution in [2.24, 2.45) is 0 Å². The number of halogens is 1. The number of benzene rings is 2. The Labute approximate surface area is 159 Å². The van der Waals surface area contributed by atoms with Gasteiger partial charge in [-0.2, -0.15) is 0 Å². The predicted octanol–water partition coefficient (Wildman–Crippen LogP) is 4.22. The Hall–Kier alpha value is -2.40. The van der Waals surface area contributed by atoms with Crippen molar-refractivity contribution in [3.05, 3.63) is 53.1 Å². The molecule has 0 fully saturated rings. The van der Waals surface area contributed by atoms with Crippen LogP contribution in [0.15, 0.2) is 42.5 Å². The Morgan fingerprint density at radius 2 is 1.77 bits per heavy atom. The van der Waals surface area contributed by atoms with Gasteiger partial charge in [0, 0.05) is 6.54 Å². The highest BCUT2D eigenvalue weighted by Gasteiger charge is 2.16. The third-order valence-electron chi connectivity index (χ3n) is 3.57. The first-order chi connectivity index (χ1) is 12.4. The van der Waals surface area contributed by atoms with Crippen LogP contribution in [0, 0.1) is 0 Å². The van der Waals surface area contributed by atoms with Gasteiger partial charge in [-0.1, -0.05) is 29.8 Å². The standard InChI is InChI=1S/C20H24ClNO4/c1-13(2)25-18-10-9-15(11-19(18)24-4)12-22-20(23)14(3)26-17-8-6-5-7-16(17)21/h5-11,13-14H,12H2,1-4H3,(H,22,23)/t14-/m0/s1. The van der Waals surface area contributed by atoms with Gasteiger partial charge in [0.05, 0.1) is 18.2 Å². The van der Waals surface area contributed by atoms with Gasteiger partial charge in [0.1, 0.15) is 5.75 Å². The third kappa shape index (κ3) is 5.56. The number of carbonyl (C=O) groups is 1. The number of hydrogen-bond donors (Lipinski definition) is 1. The fraction of sp³-hybridized carbons (Fsp3) is 0.350. The molecule has 2 aromatic carbocycles. The molecule has 6 heteroatoms. The maximum absolute atomic E-state index is 12.3. The molecule has 0 aliphatic rings. The molecule has 26 heavy (non-hydrogen) atoms. The molecule has 0 unspecified atom stereocenters. The molecule has 140 valence electrons. The van der Waals surface area contributed by atoms with Crippen LogP contribution >= 0.6 is 11.6 Å².